The maximum Gasteiger partial charge on any atom is 0.0127 e. The van der Waals surface area contributed by atoms with Crippen molar-refractivity contribution in [2.45, 2.75) is 19.4 Å². The molecule has 1 atom stereocenters. The second kappa shape index (κ2) is 6.17. The lowest BCUT2D eigenvalue weighted by Crippen LogP contribution is -2.21. The van der Waals surface area contributed by atoms with Crippen molar-refractivity contribution >= 4 is 11.8 Å². The fourth-order valence-electron chi connectivity index (χ4n) is 0.421. The Morgan fingerprint density at radius 2 is 2.44 bits per heavy atom. The summed E-state index contributed by atoms with van der Waals surface area (Å²) in [6.45, 7) is 5.73. The second-order valence-corrected chi connectivity index (χ2v) is 3.07. The summed E-state index contributed by atoms with van der Waals surface area (Å²) in [5.74, 6) is 2.08. The minimum atomic E-state index is 0.370. The van der Waals surface area contributed by atoms with Crippen molar-refractivity contribution in [2.75, 3.05) is 11.5 Å². The maximum atomic E-state index is 5.66. The van der Waals surface area contributed by atoms with Crippen LogP contribution in [0.2, 0.25) is 0 Å². The molecular formula is C7H15NS. The van der Waals surface area contributed by atoms with Crippen molar-refractivity contribution in [1.82, 2.24) is 0 Å². The number of nitrogens with two attached hydrogens (primary N) is 1. The molecule has 1 nitrogen and oxygen atoms in total. The molecule has 0 aromatic heterocycles. The summed E-state index contributed by atoms with van der Waals surface area (Å²) < 4.78 is 0. The van der Waals surface area contributed by atoms with Crippen LogP contribution in [-0.4, -0.2) is 17.5 Å². The van der Waals surface area contributed by atoms with Gasteiger partial charge in [0.05, 0.1) is 0 Å². The van der Waals surface area contributed by atoms with Crippen LogP contribution < -0.4 is 5.73 Å². The van der Waals surface area contributed by atoms with Gasteiger partial charge in [-0.15, -0.1) is 6.58 Å². The molecule has 0 spiro atoms. The molecular weight excluding hydrogens is 130 g/mol. The molecule has 0 bridgehead atoms. The molecule has 0 aliphatic heterocycles. The lowest BCUT2D eigenvalue weighted by atomic mass is 10.3. The topological polar surface area (TPSA) is 26.0 Å². The first-order valence-electron chi connectivity index (χ1n) is 3.25. The lowest BCUT2D eigenvalue weighted by Gasteiger charge is -2.05. The first kappa shape index (κ1) is 9.05. The Kier molecular flexibility index (Phi) is 6.21. The third kappa shape index (κ3) is 5.93. The van der Waals surface area contributed by atoms with Crippen molar-refractivity contribution in [1.29, 1.82) is 0 Å². The Balaban J connectivity index is 2.96. The molecule has 0 heterocycles. The molecule has 0 aliphatic carbocycles. The van der Waals surface area contributed by atoms with Gasteiger partial charge in [-0.3, -0.25) is 0 Å². The summed E-state index contributed by atoms with van der Waals surface area (Å²) in [5.41, 5.74) is 5.66. The van der Waals surface area contributed by atoms with Crippen molar-refractivity contribution < 1.29 is 0 Å². The van der Waals surface area contributed by atoms with E-state index in [9.17, 15) is 0 Å². The van der Waals surface area contributed by atoms with E-state index in [1.165, 1.54) is 0 Å². The minimum Gasteiger partial charge on any atom is -0.327 e. The van der Waals surface area contributed by atoms with E-state index in [1.54, 1.807) is 0 Å². The molecule has 0 aromatic carbocycles. The highest BCUT2D eigenvalue weighted by Crippen LogP contribution is 2.02. The first-order chi connectivity index (χ1) is 4.31. The van der Waals surface area contributed by atoms with Gasteiger partial charge in [0.25, 0.3) is 0 Å². The smallest absolute Gasteiger partial charge is 0.0127 e. The molecule has 0 fully saturated rings. The predicted octanol–water partition coefficient (Wildman–Crippen LogP) is 1.64. The second-order valence-electron chi connectivity index (χ2n) is 1.99. The molecule has 0 amide bonds. The Hall–Kier alpha value is 0.0500. The third-order valence-electron chi connectivity index (χ3n) is 1.09. The average molecular weight is 145 g/mol. The molecule has 54 valence electrons. The molecule has 0 radical (unpaired) electrons. The van der Waals surface area contributed by atoms with Gasteiger partial charge in [-0.05, 0) is 6.42 Å². The van der Waals surface area contributed by atoms with Crippen LogP contribution in [0.4, 0.5) is 0 Å². The lowest BCUT2D eigenvalue weighted by molar-refractivity contribution is 0.725. The van der Waals surface area contributed by atoms with Gasteiger partial charge in [0.15, 0.2) is 0 Å². The molecule has 2 N–H and O–H groups in total. The zero-order valence-electron chi connectivity index (χ0n) is 5.97. The highest BCUT2D eigenvalue weighted by molar-refractivity contribution is 7.99. The summed E-state index contributed by atoms with van der Waals surface area (Å²) >= 11 is 1.84. The number of rotatable bonds is 5. The largest absolute Gasteiger partial charge is 0.327 e. The van der Waals surface area contributed by atoms with Gasteiger partial charge < -0.3 is 5.73 Å². The van der Waals surface area contributed by atoms with Crippen LogP contribution in [0.15, 0.2) is 12.7 Å². The Morgan fingerprint density at radius 1 is 1.78 bits per heavy atom. The van der Waals surface area contributed by atoms with Crippen LogP contribution in [0.5, 0.6) is 0 Å². The summed E-state index contributed by atoms with van der Waals surface area (Å²) in [7, 11) is 0. The number of hydrogen-bond acceptors (Lipinski definition) is 2. The van der Waals surface area contributed by atoms with Crippen molar-refractivity contribution in [2.24, 2.45) is 5.73 Å². The number of thioether (sulfide) groups is 1. The van der Waals surface area contributed by atoms with Gasteiger partial charge in [0, 0.05) is 17.5 Å². The van der Waals surface area contributed by atoms with E-state index in [1.807, 2.05) is 17.8 Å². The highest BCUT2D eigenvalue weighted by atomic mass is 32.2. The van der Waals surface area contributed by atoms with E-state index in [0.717, 1.165) is 17.9 Å². The number of hydrogen-bond donors (Lipinski definition) is 1. The third-order valence-corrected chi connectivity index (χ3v) is 2.23. The monoisotopic (exact) mass is 145 g/mol. The SMILES string of the molecule is C=CCSCC(N)CC. The molecule has 0 aliphatic rings. The van der Waals surface area contributed by atoms with Crippen LogP contribution in [0.3, 0.4) is 0 Å². The van der Waals surface area contributed by atoms with E-state index in [2.05, 4.69) is 13.5 Å². The molecule has 9 heavy (non-hydrogen) atoms. The maximum absolute atomic E-state index is 5.66. The highest BCUT2D eigenvalue weighted by Gasteiger charge is 1.95. The summed E-state index contributed by atoms with van der Waals surface area (Å²) in [4.78, 5) is 0. The Morgan fingerprint density at radius 3 is 2.89 bits per heavy atom. The zero-order valence-corrected chi connectivity index (χ0v) is 6.79. The normalized spacial score (nSPS) is 13.1. The van der Waals surface area contributed by atoms with Crippen molar-refractivity contribution in [3.63, 3.8) is 0 Å². The van der Waals surface area contributed by atoms with Crippen molar-refractivity contribution in [3.8, 4) is 0 Å². The van der Waals surface area contributed by atoms with Crippen LogP contribution in [0.25, 0.3) is 0 Å². The van der Waals surface area contributed by atoms with Crippen LogP contribution in [0.1, 0.15) is 13.3 Å². The van der Waals surface area contributed by atoms with Gasteiger partial charge in [0.1, 0.15) is 0 Å². The van der Waals surface area contributed by atoms with Gasteiger partial charge in [0.2, 0.25) is 0 Å². The van der Waals surface area contributed by atoms with Gasteiger partial charge in [-0.2, -0.15) is 11.8 Å². The van der Waals surface area contributed by atoms with Crippen LogP contribution in [-0.2, 0) is 0 Å². The fraction of sp³-hybridized carbons (Fsp3) is 0.714. The van der Waals surface area contributed by atoms with Crippen LogP contribution >= 0.6 is 11.8 Å². The predicted molar refractivity (Wildman–Crippen MR) is 45.8 cm³/mol. The molecule has 0 saturated heterocycles. The molecule has 2 heteroatoms. The fourth-order valence-corrected chi connectivity index (χ4v) is 1.26. The molecule has 0 rings (SSSR count). The standard InChI is InChI=1S/C7H15NS/c1-3-5-9-6-7(8)4-2/h3,7H,1,4-6,8H2,2H3. The molecule has 1 unspecified atom stereocenters. The Labute approximate surface area is 61.7 Å². The van der Waals surface area contributed by atoms with E-state index in [-0.39, 0.29) is 0 Å². The van der Waals surface area contributed by atoms with E-state index < -0.39 is 0 Å². The summed E-state index contributed by atoms with van der Waals surface area (Å²) in [6.07, 6.45) is 2.98. The molecule has 0 aromatic rings. The van der Waals surface area contributed by atoms with Crippen molar-refractivity contribution in [3.05, 3.63) is 12.7 Å². The van der Waals surface area contributed by atoms with Gasteiger partial charge in [-0.25, -0.2) is 0 Å². The van der Waals surface area contributed by atoms with E-state index in [4.69, 9.17) is 5.73 Å². The summed E-state index contributed by atoms with van der Waals surface area (Å²) in [5, 5.41) is 0. The molecule has 0 saturated carbocycles. The minimum absolute atomic E-state index is 0.370. The van der Waals surface area contributed by atoms with E-state index >= 15 is 0 Å². The Bertz CT molecular complexity index is 73.3. The van der Waals surface area contributed by atoms with E-state index in [0.29, 0.717) is 6.04 Å². The summed E-state index contributed by atoms with van der Waals surface area (Å²) in [6, 6.07) is 0.370. The zero-order chi connectivity index (χ0) is 7.11. The van der Waals surface area contributed by atoms with Crippen LogP contribution in [0, 0.1) is 0 Å². The first-order valence-corrected chi connectivity index (χ1v) is 4.41. The quantitative estimate of drug-likeness (QED) is 0.470. The van der Waals surface area contributed by atoms with Gasteiger partial charge >= 0.3 is 0 Å². The van der Waals surface area contributed by atoms with Gasteiger partial charge in [-0.1, -0.05) is 13.0 Å². The average Bonchev–Trinajstić information content (AvgIpc) is 1.89.